The molecule has 0 bridgehead atoms. The van der Waals surface area contributed by atoms with Crippen LogP contribution in [0.2, 0.25) is 5.02 Å². The summed E-state index contributed by atoms with van der Waals surface area (Å²) in [5.41, 5.74) is 1.03. The van der Waals surface area contributed by atoms with E-state index in [2.05, 4.69) is 35.7 Å². The van der Waals surface area contributed by atoms with Gasteiger partial charge in [0.15, 0.2) is 11.5 Å². The fraction of sp³-hybridized carbons (Fsp3) is 0.294. The molecule has 1 N–H and O–H groups in total. The fourth-order valence-electron chi connectivity index (χ4n) is 2.04. The van der Waals surface area contributed by atoms with E-state index in [4.69, 9.17) is 27.5 Å². The minimum absolute atomic E-state index is 0.156. The quantitative estimate of drug-likeness (QED) is 0.766. The van der Waals surface area contributed by atoms with Crippen LogP contribution in [0, 0.1) is 12.3 Å². The predicted octanol–water partition coefficient (Wildman–Crippen LogP) is 4.27. The molecule has 0 aliphatic rings. The van der Waals surface area contributed by atoms with Gasteiger partial charge in [0.05, 0.1) is 12.1 Å². The number of thiophene rings is 1. The summed E-state index contributed by atoms with van der Waals surface area (Å²) in [6.07, 6.45) is 5.21. The van der Waals surface area contributed by atoms with Gasteiger partial charge in [0.1, 0.15) is 6.61 Å². The molecule has 0 amide bonds. The van der Waals surface area contributed by atoms with E-state index in [0.29, 0.717) is 23.1 Å². The number of rotatable bonds is 7. The standard InChI is InChI=1S/C17H18ClNO2S/c1-4-7-21-17-14(18)9-13(10-15(17)20-3)11-19-12(2)16-6-5-8-22-16/h1,5-6,8-10,12,19H,7,11H2,2-3H3. The molecule has 0 aliphatic heterocycles. The van der Waals surface area contributed by atoms with Crippen LogP contribution in [0.3, 0.4) is 0 Å². The Kier molecular flexibility index (Phi) is 6.14. The number of halogens is 1. The summed E-state index contributed by atoms with van der Waals surface area (Å²) in [5, 5.41) is 6.04. The molecule has 1 unspecified atom stereocenters. The molecule has 1 heterocycles. The molecule has 0 aliphatic carbocycles. The normalized spacial score (nSPS) is 11.7. The second kappa shape index (κ2) is 8.09. The first-order valence-corrected chi connectivity index (χ1v) is 8.11. The summed E-state index contributed by atoms with van der Waals surface area (Å²) in [5.74, 6) is 3.49. The number of ether oxygens (including phenoxy) is 2. The number of methoxy groups -OCH3 is 1. The average molecular weight is 336 g/mol. The van der Waals surface area contributed by atoms with Crippen LogP contribution in [0.5, 0.6) is 11.5 Å². The van der Waals surface area contributed by atoms with Crippen molar-refractivity contribution in [1.29, 1.82) is 0 Å². The van der Waals surface area contributed by atoms with E-state index < -0.39 is 0 Å². The SMILES string of the molecule is C#CCOc1c(Cl)cc(CNC(C)c2cccs2)cc1OC. The maximum absolute atomic E-state index is 6.26. The van der Waals surface area contributed by atoms with Crippen molar-refractivity contribution in [1.82, 2.24) is 5.32 Å². The lowest BCUT2D eigenvalue weighted by atomic mass is 10.1. The first kappa shape index (κ1) is 16.7. The molecular weight excluding hydrogens is 318 g/mol. The van der Waals surface area contributed by atoms with E-state index in [9.17, 15) is 0 Å². The largest absolute Gasteiger partial charge is 0.493 e. The molecule has 3 nitrogen and oxygen atoms in total. The molecule has 5 heteroatoms. The number of hydrogen-bond acceptors (Lipinski definition) is 4. The average Bonchev–Trinajstić information content (AvgIpc) is 3.05. The summed E-state index contributed by atoms with van der Waals surface area (Å²) in [7, 11) is 1.58. The summed E-state index contributed by atoms with van der Waals surface area (Å²) >= 11 is 8.00. The van der Waals surface area contributed by atoms with E-state index in [1.165, 1.54) is 4.88 Å². The van der Waals surface area contributed by atoms with Crippen molar-refractivity contribution in [3.05, 3.63) is 45.1 Å². The maximum Gasteiger partial charge on any atom is 0.181 e. The zero-order valence-corrected chi connectivity index (χ0v) is 14.1. The van der Waals surface area contributed by atoms with Gasteiger partial charge in [0.2, 0.25) is 0 Å². The van der Waals surface area contributed by atoms with Crippen LogP contribution in [0.15, 0.2) is 29.6 Å². The third-order valence-electron chi connectivity index (χ3n) is 3.17. The summed E-state index contributed by atoms with van der Waals surface area (Å²) in [4.78, 5) is 1.30. The van der Waals surface area contributed by atoms with Crippen LogP contribution < -0.4 is 14.8 Å². The highest BCUT2D eigenvalue weighted by Gasteiger charge is 2.13. The number of terminal acetylenes is 1. The van der Waals surface area contributed by atoms with Gasteiger partial charge in [-0.2, -0.15) is 0 Å². The molecule has 1 aromatic carbocycles. The van der Waals surface area contributed by atoms with Crippen molar-refractivity contribution < 1.29 is 9.47 Å². The fourth-order valence-corrected chi connectivity index (χ4v) is 3.09. The Balaban J connectivity index is 2.08. The zero-order chi connectivity index (χ0) is 15.9. The summed E-state index contributed by atoms with van der Waals surface area (Å²) in [6, 6.07) is 8.22. The van der Waals surface area contributed by atoms with Crippen LogP contribution >= 0.6 is 22.9 Å². The van der Waals surface area contributed by atoms with Gasteiger partial charge in [-0.1, -0.05) is 23.6 Å². The van der Waals surface area contributed by atoms with Crippen molar-refractivity contribution >= 4 is 22.9 Å². The van der Waals surface area contributed by atoms with E-state index in [1.807, 2.05) is 12.1 Å². The molecule has 1 atom stereocenters. The van der Waals surface area contributed by atoms with Crippen molar-refractivity contribution in [3.8, 4) is 23.8 Å². The van der Waals surface area contributed by atoms with Gasteiger partial charge in [-0.05, 0) is 36.1 Å². The molecule has 0 radical (unpaired) electrons. The van der Waals surface area contributed by atoms with E-state index in [-0.39, 0.29) is 12.6 Å². The Morgan fingerprint density at radius 1 is 1.45 bits per heavy atom. The smallest absolute Gasteiger partial charge is 0.181 e. The minimum atomic E-state index is 0.156. The number of nitrogens with one attached hydrogen (secondary N) is 1. The molecule has 2 aromatic rings. The van der Waals surface area contributed by atoms with Crippen molar-refractivity contribution in [2.75, 3.05) is 13.7 Å². The first-order valence-electron chi connectivity index (χ1n) is 6.85. The van der Waals surface area contributed by atoms with Crippen molar-refractivity contribution in [2.45, 2.75) is 19.5 Å². The highest BCUT2D eigenvalue weighted by molar-refractivity contribution is 7.10. The number of hydrogen-bond donors (Lipinski definition) is 1. The van der Waals surface area contributed by atoms with Gasteiger partial charge in [-0.25, -0.2) is 0 Å². The molecule has 2 rings (SSSR count). The Bertz CT molecular complexity index is 649. The van der Waals surface area contributed by atoms with E-state index >= 15 is 0 Å². The second-order valence-corrected chi connectivity index (χ2v) is 6.11. The van der Waals surface area contributed by atoms with Crippen LogP contribution in [0.4, 0.5) is 0 Å². The van der Waals surface area contributed by atoms with Crippen LogP contribution in [0.25, 0.3) is 0 Å². The third kappa shape index (κ3) is 4.17. The van der Waals surface area contributed by atoms with Gasteiger partial charge >= 0.3 is 0 Å². The van der Waals surface area contributed by atoms with Gasteiger partial charge < -0.3 is 14.8 Å². The van der Waals surface area contributed by atoms with Crippen LogP contribution in [0.1, 0.15) is 23.4 Å². The van der Waals surface area contributed by atoms with Gasteiger partial charge in [-0.3, -0.25) is 0 Å². The van der Waals surface area contributed by atoms with E-state index in [0.717, 1.165) is 5.56 Å². The molecular formula is C17H18ClNO2S. The molecule has 116 valence electrons. The zero-order valence-electron chi connectivity index (χ0n) is 12.6. The lowest BCUT2D eigenvalue weighted by molar-refractivity contribution is 0.330. The van der Waals surface area contributed by atoms with E-state index in [1.54, 1.807) is 18.4 Å². The van der Waals surface area contributed by atoms with Crippen molar-refractivity contribution in [2.24, 2.45) is 0 Å². The van der Waals surface area contributed by atoms with Gasteiger partial charge in [0, 0.05) is 17.5 Å². The Morgan fingerprint density at radius 3 is 2.91 bits per heavy atom. The molecule has 0 saturated carbocycles. The first-order chi connectivity index (χ1) is 10.7. The lowest BCUT2D eigenvalue weighted by Gasteiger charge is -2.15. The lowest BCUT2D eigenvalue weighted by Crippen LogP contribution is -2.17. The summed E-state index contributed by atoms with van der Waals surface area (Å²) < 4.78 is 10.8. The maximum atomic E-state index is 6.26. The highest BCUT2D eigenvalue weighted by atomic mass is 35.5. The topological polar surface area (TPSA) is 30.5 Å². The summed E-state index contributed by atoms with van der Waals surface area (Å²) in [6.45, 7) is 2.97. The third-order valence-corrected chi connectivity index (χ3v) is 4.51. The highest BCUT2D eigenvalue weighted by Crippen LogP contribution is 2.36. The van der Waals surface area contributed by atoms with Crippen molar-refractivity contribution in [3.63, 3.8) is 0 Å². The molecule has 0 saturated heterocycles. The minimum Gasteiger partial charge on any atom is -0.493 e. The molecule has 1 aromatic heterocycles. The van der Waals surface area contributed by atoms with Crippen LogP contribution in [-0.4, -0.2) is 13.7 Å². The Labute approximate surface area is 140 Å². The predicted molar refractivity (Wildman–Crippen MR) is 91.9 cm³/mol. The van der Waals surface area contributed by atoms with Crippen LogP contribution in [-0.2, 0) is 6.54 Å². The van der Waals surface area contributed by atoms with Gasteiger partial charge in [0.25, 0.3) is 0 Å². The number of benzene rings is 1. The Hall–Kier alpha value is -1.67. The monoisotopic (exact) mass is 335 g/mol. The van der Waals surface area contributed by atoms with Gasteiger partial charge in [-0.15, -0.1) is 17.8 Å². The molecule has 22 heavy (non-hydrogen) atoms. The Morgan fingerprint density at radius 2 is 2.27 bits per heavy atom. The second-order valence-electron chi connectivity index (χ2n) is 4.72. The molecule has 0 spiro atoms. The molecule has 0 fully saturated rings.